The lowest BCUT2D eigenvalue weighted by Crippen LogP contribution is -2.44. The van der Waals surface area contributed by atoms with Crippen LogP contribution in [0.3, 0.4) is 0 Å². The Bertz CT molecular complexity index is 397. The zero-order chi connectivity index (χ0) is 14.7. The van der Waals surface area contributed by atoms with Crippen molar-refractivity contribution in [3.8, 4) is 0 Å². The fourth-order valence-corrected chi connectivity index (χ4v) is 3.59. The summed E-state index contributed by atoms with van der Waals surface area (Å²) in [7, 11) is 1.95. The number of hydrogen-bond acceptors (Lipinski definition) is 3. The molecule has 0 aromatic carbocycles. The van der Waals surface area contributed by atoms with Crippen LogP contribution in [-0.4, -0.2) is 55.0 Å². The summed E-state index contributed by atoms with van der Waals surface area (Å²) >= 11 is 0. The average Bonchev–Trinajstić information content (AvgIpc) is 3.21. The third-order valence-corrected chi connectivity index (χ3v) is 5.12. The van der Waals surface area contributed by atoms with Gasteiger partial charge in [-0.05, 0) is 64.0 Å². The van der Waals surface area contributed by atoms with Crippen molar-refractivity contribution in [3.63, 3.8) is 0 Å². The fraction of sp³-hybridized carbons (Fsp3) is 0.824. The Balaban J connectivity index is 1.53. The quantitative estimate of drug-likeness (QED) is 0.813. The summed E-state index contributed by atoms with van der Waals surface area (Å²) in [6.07, 6.45) is 10.8. The van der Waals surface area contributed by atoms with Crippen molar-refractivity contribution in [1.29, 1.82) is 0 Å². The van der Waals surface area contributed by atoms with E-state index in [0.29, 0.717) is 12.6 Å². The van der Waals surface area contributed by atoms with E-state index in [1.54, 1.807) is 0 Å². The van der Waals surface area contributed by atoms with E-state index >= 15 is 0 Å². The standard InChI is InChI=1S/C17H29N3O/c1-19(15-6-2-3-7-15)17(21)13-20(16-8-9-16)12-14-5-4-10-18-11-14/h6,14,16,18H,2-5,7-13H2,1H3. The predicted octanol–water partition coefficient (Wildman–Crippen LogP) is 1.98. The molecule has 1 amide bonds. The summed E-state index contributed by atoms with van der Waals surface area (Å²) < 4.78 is 0. The second kappa shape index (κ2) is 6.93. The number of likely N-dealkylation sites (N-methyl/N-ethyl adjacent to an activating group) is 1. The number of amides is 1. The van der Waals surface area contributed by atoms with Crippen LogP contribution >= 0.6 is 0 Å². The summed E-state index contributed by atoms with van der Waals surface area (Å²) in [5.74, 6) is 1.00. The van der Waals surface area contributed by atoms with Crippen LogP contribution in [-0.2, 0) is 4.79 Å². The van der Waals surface area contributed by atoms with Crippen LogP contribution in [0, 0.1) is 5.92 Å². The van der Waals surface area contributed by atoms with Gasteiger partial charge < -0.3 is 10.2 Å². The minimum absolute atomic E-state index is 0.277. The minimum Gasteiger partial charge on any atom is -0.318 e. The largest absolute Gasteiger partial charge is 0.318 e. The molecule has 1 atom stereocenters. The van der Waals surface area contributed by atoms with Crippen LogP contribution in [0.1, 0.15) is 44.9 Å². The molecule has 0 aromatic heterocycles. The van der Waals surface area contributed by atoms with Crippen molar-refractivity contribution in [2.45, 2.75) is 51.0 Å². The maximum atomic E-state index is 12.5. The first-order valence-corrected chi connectivity index (χ1v) is 8.64. The van der Waals surface area contributed by atoms with Crippen molar-refractivity contribution in [2.75, 3.05) is 33.2 Å². The van der Waals surface area contributed by atoms with Gasteiger partial charge in [-0.25, -0.2) is 0 Å². The molecule has 4 nitrogen and oxygen atoms in total. The van der Waals surface area contributed by atoms with Gasteiger partial charge in [-0.2, -0.15) is 0 Å². The van der Waals surface area contributed by atoms with Crippen LogP contribution in [0.15, 0.2) is 11.8 Å². The molecule has 1 unspecified atom stereocenters. The highest BCUT2D eigenvalue weighted by Gasteiger charge is 2.33. The molecule has 1 N–H and O–H groups in total. The van der Waals surface area contributed by atoms with Gasteiger partial charge in [0.1, 0.15) is 0 Å². The van der Waals surface area contributed by atoms with Gasteiger partial charge in [0.15, 0.2) is 0 Å². The van der Waals surface area contributed by atoms with Gasteiger partial charge in [0.25, 0.3) is 0 Å². The number of allylic oxidation sites excluding steroid dienone is 2. The summed E-state index contributed by atoms with van der Waals surface area (Å²) in [4.78, 5) is 16.9. The van der Waals surface area contributed by atoms with Crippen LogP contribution in [0.5, 0.6) is 0 Å². The minimum atomic E-state index is 0.277. The Hall–Kier alpha value is -0.870. The lowest BCUT2D eigenvalue weighted by atomic mass is 9.99. The maximum absolute atomic E-state index is 12.5. The molecule has 4 heteroatoms. The van der Waals surface area contributed by atoms with E-state index in [-0.39, 0.29) is 5.91 Å². The Morgan fingerprint density at radius 1 is 1.33 bits per heavy atom. The molecular formula is C17H29N3O. The third-order valence-electron chi connectivity index (χ3n) is 5.12. The van der Waals surface area contributed by atoms with E-state index < -0.39 is 0 Å². The molecule has 3 aliphatic rings. The highest BCUT2D eigenvalue weighted by molar-refractivity contribution is 5.79. The van der Waals surface area contributed by atoms with Gasteiger partial charge in [0.2, 0.25) is 5.91 Å². The molecule has 0 aromatic rings. The molecule has 0 radical (unpaired) electrons. The van der Waals surface area contributed by atoms with Crippen molar-refractivity contribution in [1.82, 2.24) is 15.1 Å². The smallest absolute Gasteiger partial charge is 0.240 e. The second-order valence-corrected chi connectivity index (χ2v) is 6.91. The molecular weight excluding hydrogens is 262 g/mol. The normalized spacial score (nSPS) is 26.0. The first-order valence-electron chi connectivity index (χ1n) is 8.64. The maximum Gasteiger partial charge on any atom is 0.240 e. The van der Waals surface area contributed by atoms with Crippen LogP contribution in [0.4, 0.5) is 0 Å². The van der Waals surface area contributed by atoms with Crippen molar-refractivity contribution in [2.24, 2.45) is 5.92 Å². The number of rotatable bonds is 6. The topological polar surface area (TPSA) is 35.6 Å². The first-order chi connectivity index (χ1) is 10.2. The Morgan fingerprint density at radius 2 is 2.19 bits per heavy atom. The third kappa shape index (κ3) is 4.07. The van der Waals surface area contributed by atoms with Gasteiger partial charge in [-0.3, -0.25) is 9.69 Å². The number of hydrogen-bond donors (Lipinski definition) is 1. The molecule has 1 saturated heterocycles. The molecule has 2 fully saturated rings. The Labute approximate surface area is 128 Å². The molecule has 2 aliphatic carbocycles. The average molecular weight is 291 g/mol. The lowest BCUT2D eigenvalue weighted by molar-refractivity contribution is -0.129. The van der Waals surface area contributed by atoms with Crippen LogP contribution in [0.25, 0.3) is 0 Å². The summed E-state index contributed by atoms with van der Waals surface area (Å²) in [5, 5.41) is 3.49. The van der Waals surface area contributed by atoms with E-state index in [1.165, 1.54) is 37.8 Å². The summed E-state index contributed by atoms with van der Waals surface area (Å²) in [5.41, 5.74) is 1.23. The molecule has 3 rings (SSSR count). The summed E-state index contributed by atoms with van der Waals surface area (Å²) in [6, 6.07) is 0.668. The predicted molar refractivity (Wildman–Crippen MR) is 84.9 cm³/mol. The van der Waals surface area contributed by atoms with Crippen molar-refractivity contribution < 1.29 is 4.79 Å². The van der Waals surface area contributed by atoms with Gasteiger partial charge in [0.05, 0.1) is 6.54 Å². The van der Waals surface area contributed by atoms with Gasteiger partial charge in [0, 0.05) is 25.3 Å². The SMILES string of the molecule is CN(C(=O)CN(CC1CCCNC1)C1CC1)C1=CCCC1. The Morgan fingerprint density at radius 3 is 2.81 bits per heavy atom. The molecule has 1 aliphatic heterocycles. The highest BCUT2D eigenvalue weighted by Crippen LogP contribution is 2.29. The zero-order valence-corrected chi connectivity index (χ0v) is 13.3. The molecule has 21 heavy (non-hydrogen) atoms. The molecule has 1 saturated carbocycles. The number of nitrogens with zero attached hydrogens (tertiary/aromatic N) is 2. The monoisotopic (exact) mass is 291 g/mol. The first kappa shape index (κ1) is 15.0. The van der Waals surface area contributed by atoms with Crippen molar-refractivity contribution >= 4 is 5.91 Å². The fourth-order valence-electron chi connectivity index (χ4n) is 3.59. The van der Waals surface area contributed by atoms with Crippen molar-refractivity contribution in [3.05, 3.63) is 11.8 Å². The van der Waals surface area contributed by atoms with Crippen LogP contribution in [0.2, 0.25) is 0 Å². The van der Waals surface area contributed by atoms with Gasteiger partial charge in [-0.1, -0.05) is 6.08 Å². The second-order valence-electron chi connectivity index (χ2n) is 6.91. The van der Waals surface area contributed by atoms with Crippen LogP contribution < -0.4 is 5.32 Å². The molecule has 0 bridgehead atoms. The van der Waals surface area contributed by atoms with E-state index in [2.05, 4.69) is 16.3 Å². The van der Waals surface area contributed by atoms with Gasteiger partial charge in [-0.15, -0.1) is 0 Å². The lowest BCUT2D eigenvalue weighted by Gasteiger charge is -2.31. The molecule has 1 heterocycles. The van der Waals surface area contributed by atoms with E-state index in [1.807, 2.05) is 11.9 Å². The van der Waals surface area contributed by atoms with E-state index in [0.717, 1.165) is 38.4 Å². The number of nitrogens with one attached hydrogen (secondary N) is 1. The number of carbonyl (C=O) groups is 1. The Kier molecular flexibility index (Phi) is 4.96. The van der Waals surface area contributed by atoms with Gasteiger partial charge >= 0.3 is 0 Å². The highest BCUT2D eigenvalue weighted by atomic mass is 16.2. The van der Waals surface area contributed by atoms with E-state index in [4.69, 9.17) is 0 Å². The molecule has 0 spiro atoms. The number of carbonyl (C=O) groups excluding carboxylic acids is 1. The number of piperidine rings is 1. The van der Waals surface area contributed by atoms with E-state index in [9.17, 15) is 4.79 Å². The zero-order valence-electron chi connectivity index (χ0n) is 13.3. The summed E-state index contributed by atoms with van der Waals surface area (Å²) in [6.45, 7) is 3.99. The molecule has 118 valence electrons.